The zero-order valence-electron chi connectivity index (χ0n) is 6.02. The smallest absolute Gasteiger partial charge is 0.0625 e. The molecule has 1 heteroatoms. The van der Waals surface area contributed by atoms with Crippen molar-refractivity contribution in [2.75, 3.05) is 6.61 Å². The van der Waals surface area contributed by atoms with E-state index in [0.29, 0.717) is 11.5 Å². The van der Waals surface area contributed by atoms with Gasteiger partial charge in [-0.3, -0.25) is 0 Å². The molecule has 1 spiro atoms. The Balaban J connectivity index is 2.06. The van der Waals surface area contributed by atoms with Crippen LogP contribution in [0, 0.1) is 5.41 Å². The normalized spacial score (nSPS) is 39.0. The van der Waals surface area contributed by atoms with Crippen molar-refractivity contribution in [3.63, 3.8) is 0 Å². The van der Waals surface area contributed by atoms with E-state index in [4.69, 9.17) is 4.74 Å². The van der Waals surface area contributed by atoms with E-state index in [9.17, 15) is 0 Å². The molecule has 2 fully saturated rings. The van der Waals surface area contributed by atoms with Gasteiger partial charge in [-0.1, -0.05) is 12.8 Å². The fraction of sp³-hybridized carbons (Fsp3) is 1.00. The minimum absolute atomic E-state index is 0.569. The molecule has 0 aromatic rings. The molecule has 2 rings (SSSR count). The summed E-state index contributed by atoms with van der Waals surface area (Å²) in [6.07, 6.45) is 6.30. The molecule has 52 valence electrons. The molecule has 1 saturated carbocycles. The standard InChI is InChI=1S/C8H14O/c1-7-8(6-9-7)4-2-3-5-8/h7H,2-6H2,1H3. The van der Waals surface area contributed by atoms with E-state index >= 15 is 0 Å². The van der Waals surface area contributed by atoms with E-state index in [1.165, 1.54) is 25.7 Å². The van der Waals surface area contributed by atoms with Crippen LogP contribution in [0.5, 0.6) is 0 Å². The quantitative estimate of drug-likeness (QED) is 0.482. The predicted molar refractivity (Wildman–Crippen MR) is 36.3 cm³/mol. The second-order valence-electron chi connectivity index (χ2n) is 3.52. The van der Waals surface area contributed by atoms with Crippen molar-refractivity contribution in [2.24, 2.45) is 5.41 Å². The van der Waals surface area contributed by atoms with Crippen molar-refractivity contribution in [3.05, 3.63) is 0 Å². The van der Waals surface area contributed by atoms with E-state index in [2.05, 4.69) is 6.92 Å². The minimum atomic E-state index is 0.569. The Morgan fingerprint density at radius 1 is 1.33 bits per heavy atom. The molecule has 1 atom stereocenters. The third kappa shape index (κ3) is 0.644. The lowest BCUT2D eigenvalue weighted by atomic mass is 9.78. The van der Waals surface area contributed by atoms with Gasteiger partial charge in [0.2, 0.25) is 0 Å². The fourth-order valence-corrected chi connectivity index (χ4v) is 2.12. The van der Waals surface area contributed by atoms with Gasteiger partial charge >= 0.3 is 0 Å². The highest BCUT2D eigenvalue weighted by atomic mass is 16.5. The number of rotatable bonds is 0. The highest BCUT2D eigenvalue weighted by Gasteiger charge is 2.46. The molecule has 1 aliphatic heterocycles. The molecule has 0 amide bonds. The summed E-state index contributed by atoms with van der Waals surface area (Å²) in [5, 5.41) is 0. The molecule has 9 heavy (non-hydrogen) atoms. The van der Waals surface area contributed by atoms with Gasteiger partial charge in [-0.25, -0.2) is 0 Å². The zero-order valence-corrected chi connectivity index (χ0v) is 6.02. The molecular weight excluding hydrogens is 112 g/mol. The molecule has 0 N–H and O–H groups in total. The average Bonchev–Trinajstić information content (AvgIpc) is 2.34. The molecule has 2 aliphatic rings. The Kier molecular flexibility index (Phi) is 1.10. The van der Waals surface area contributed by atoms with E-state index < -0.39 is 0 Å². The molecule has 1 nitrogen and oxygen atoms in total. The summed E-state index contributed by atoms with van der Waals surface area (Å²) < 4.78 is 5.37. The van der Waals surface area contributed by atoms with Crippen molar-refractivity contribution in [1.82, 2.24) is 0 Å². The molecule has 0 aromatic carbocycles. The Hall–Kier alpha value is -0.0400. The van der Waals surface area contributed by atoms with Crippen molar-refractivity contribution in [1.29, 1.82) is 0 Å². The number of ether oxygens (including phenoxy) is 1. The highest BCUT2D eigenvalue weighted by Crippen LogP contribution is 2.48. The van der Waals surface area contributed by atoms with Gasteiger partial charge in [0.1, 0.15) is 0 Å². The zero-order chi connectivity index (χ0) is 6.32. The fourth-order valence-electron chi connectivity index (χ4n) is 2.12. The van der Waals surface area contributed by atoms with Crippen LogP contribution in [0.25, 0.3) is 0 Å². The van der Waals surface area contributed by atoms with Crippen LogP contribution in [0.2, 0.25) is 0 Å². The van der Waals surface area contributed by atoms with Crippen molar-refractivity contribution in [3.8, 4) is 0 Å². The summed E-state index contributed by atoms with van der Waals surface area (Å²) in [6.45, 7) is 3.27. The maximum atomic E-state index is 5.37. The Morgan fingerprint density at radius 3 is 2.22 bits per heavy atom. The summed E-state index contributed by atoms with van der Waals surface area (Å²) in [4.78, 5) is 0. The first-order valence-electron chi connectivity index (χ1n) is 3.95. The van der Waals surface area contributed by atoms with Crippen molar-refractivity contribution in [2.45, 2.75) is 38.7 Å². The molecule has 0 aromatic heterocycles. The first-order valence-corrected chi connectivity index (χ1v) is 3.95. The molecule has 0 bridgehead atoms. The number of hydrogen-bond acceptors (Lipinski definition) is 1. The molecular formula is C8H14O. The third-order valence-corrected chi connectivity index (χ3v) is 3.08. The topological polar surface area (TPSA) is 9.23 Å². The van der Waals surface area contributed by atoms with Crippen LogP contribution in [0.15, 0.2) is 0 Å². The molecule has 1 aliphatic carbocycles. The van der Waals surface area contributed by atoms with E-state index in [1.54, 1.807) is 0 Å². The predicted octanol–water partition coefficient (Wildman–Crippen LogP) is 1.97. The van der Waals surface area contributed by atoms with Gasteiger partial charge in [-0.15, -0.1) is 0 Å². The van der Waals surface area contributed by atoms with Crippen LogP contribution < -0.4 is 0 Å². The molecule has 1 unspecified atom stereocenters. The summed E-state index contributed by atoms with van der Waals surface area (Å²) in [5.74, 6) is 0. The summed E-state index contributed by atoms with van der Waals surface area (Å²) in [7, 11) is 0. The van der Waals surface area contributed by atoms with Crippen molar-refractivity contribution >= 4 is 0 Å². The molecule has 1 saturated heterocycles. The Labute approximate surface area is 56.4 Å². The van der Waals surface area contributed by atoms with Gasteiger partial charge in [0.15, 0.2) is 0 Å². The second kappa shape index (κ2) is 1.72. The van der Waals surface area contributed by atoms with Crippen LogP contribution in [-0.2, 0) is 4.74 Å². The first-order chi connectivity index (χ1) is 4.33. The lowest BCUT2D eigenvalue weighted by Crippen LogP contribution is -2.47. The maximum absolute atomic E-state index is 5.37. The lowest BCUT2D eigenvalue weighted by Gasteiger charge is -2.45. The van der Waals surface area contributed by atoms with E-state index in [0.717, 1.165) is 6.61 Å². The maximum Gasteiger partial charge on any atom is 0.0625 e. The van der Waals surface area contributed by atoms with E-state index in [1.807, 2.05) is 0 Å². The summed E-state index contributed by atoms with van der Waals surface area (Å²) in [5.41, 5.74) is 0.653. The largest absolute Gasteiger partial charge is 0.377 e. The Bertz CT molecular complexity index is 114. The van der Waals surface area contributed by atoms with Crippen LogP contribution >= 0.6 is 0 Å². The SMILES string of the molecule is CC1OCC12CCCC2. The van der Waals surface area contributed by atoms with Gasteiger partial charge in [0, 0.05) is 5.41 Å². The lowest BCUT2D eigenvalue weighted by molar-refractivity contribution is -0.173. The van der Waals surface area contributed by atoms with Gasteiger partial charge in [0.25, 0.3) is 0 Å². The monoisotopic (exact) mass is 126 g/mol. The van der Waals surface area contributed by atoms with Gasteiger partial charge in [-0.2, -0.15) is 0 Å². The molecule has 0 radical (unpaired) electrons. The first kappa shape index (κ1) is 5.72. The van der Waals surface area contributed by atoms with Gasteiger partial charge < -0.3 is 4.74 Å². The van der Waals surface area contributed by atoms with Crippen molar-refractivity contribution < 1.29 is 4.74 Å². The Morgan fingerprint density at radius 2 is 2.00 bits per heavy atom. The highest BCUT2D eigenvalue weighted by molar-refractivity contribution is 4.95. The van der Waals surface area contributed by atoms with Crippen LogP contribution in [0.4, 0.5) is 0 Å². The van der Waals surface area contributed by atoms with Crippen LogP contribution in [0.3, 0.4) is 0 Å². The van der Waals surface area contributed by atoms with E-state index in [-0.39, 0.29) is 0 Å². The average molecular weight is 126 g/mol. The van der Waals surface area contributed by atoms with Gasteiger partial charge in [-0.05, 0) is 19.8 Å². The minimum Gasteiger partial charge on any atom is -0.377 e. The van der Waals surface area contributed by atoms with Crippen LogP contribution in [0.1, 0.15) is 32.6 Å². The summed E-state index contributed by atoms with van der Waals surface area (Å²) in [6, 6.07) is 0. The summed E-state index contributed by atoms with van der Waals surface area (Å²) >= 11 is 0. The second-order valence-corrected chi connectivity index (χ2v) is 3.52. The van der Waals surface area contributed by atoms with Crippen LogP contribution in [-0.4, -0.2) is 12.7 Å². The van der Waals surface area contributed by atoms with Gasteiger partial charge in [0.05, 0.1) is 12.7 Å². The number of hydrogen-bond donors (Lipinski definition) is 0. The molecule has 1 heterocycles. The third-order valence-electron chi connectivity index (χ3n) is 3.08.